The summed E-state index contributed by atoms with van der Waals surface area (Å²) in [6.45, 7) is 7.22. The molecule has 1 rings (SSSR count). The van der Waals surface area contributed by atoms with Crippen molar-refractivity contribution in [3.8, 4) is 0 Å². The Hall–Kier alpha value is -0.0300. The highest BCUT2D eigenvalue weighted by atomic mass is 35.5. The molecule has 0 heterocycles. The van der Waals surface area contributed by atoms with Crippen LogP contribution in [-0.4, -0.2) is 43.0 Å². The Balaban J connectivity index is 0. The van der Waals surface area contributed by atoms with Crippen LogP contribution in [0.25, 0.3) is 0 Å². The van der Waals surface area contributed by atoms with E-state index in [1.165, 1.54) is 12.8 Å². The van der Waals surface area contributed by atoms with E-state index >= 15 is 0 Å². The molecule has 1 saturated carbocycles. The molecule has 0 aliphatic heterocycles. The predicted molar refractivity (Wildman–Crippen MR) is 85.2 cm³/mol. The van der Waals surface area contributed by atoms with Crippen LogP contribution in [0.15, 0.2) is 0 Å². The summed E-state index contributed by atoms with van der Waals surface area (Å²) in [6.07, 6.45) is 4.72. The molecule has 0 aromatic carbocycles. The quantitative estimate of drug-likeness (QED) is 0.786. The molecule has 6 heteroatoms. The first kappa shape index (κ1) is 21.3. The minimum Gasteiger partial charge on any atom is -0.352 e. The lowest BCUT2D eigenvalue weighted by atomic mass is 9.84. The lowest BCUT2D eigenvalue weighted by Crippen LogP contribution is -2.48. The van der Waals surface area contributed by atoms with Gasteiger partial charge in [0.05, 0.1) is 6.54 Å². The number of rotatable bonds is 6. The second-order valence-electron chi connectivity index (χ2n) is 4.92. The molecule has 0 bridgehead atoms. The van der Waals surface area contributed by atoms with Gasteiger partial charge in [-0.05, 0) is 38.4 Å². The molecule has 0 saturated heterocycles. The first-order chi connectivity index (χ1) is 8.21. The lowest BCUT2D eigenvalue weighted by molar-refractivity contribution is -0.123. The third-order valence-corrected chi connectivity index (χ3v) is 3.82. The SMILES string of the molecule is CCN(CC)CC(=O)NC1CCCCC1CN.Cl.Cl. The maximum Gasteiger partial charge on any atom is 0.234 e. The Labute approximate surface area is 129 Å². The molecule has 1 fully saturated rings. The smallest absolute Gasteiger partial charge is 0.234 e. The molecule has 2 unspecified atom stereocenters. The summed E-state index contributed by atoms with van der Waals surface area (Å²) in [5, 5.41) is 3.16. The molecule has 2 atom stereocenters. The summed E-state index contributed by atoms with van der Waals surface area (Å²) in [4.78, 5) is 14.0. The molecule has 1 aliphatic carbocycles. The standard InChI is InChI=1S/C13H27N3O.2ClH/c1-3-16(4-2)10-13(17)15-12-8-6-5-7-11(12)9-14;;/h11-12H,3-10,14H2,1-2H3,(H,15,17);2*1H. The monoisotopic (exact) mass is 313 g/mol. The van der Waals surface area contributed by atoms with E-state index in [1.54, 1.807) is 0 Å². The van der Waals surface area contributed by atoms with Gasteiger partial charge in [-0.25, -0.2) is 0 Å². The third kappa shape index (κ3) is 7.35. The van der Waals surface area contributed by atoms with E-state index in [9.17, 15) is 4.79 Å². The van der Waals surface area contributed by atoms with Crippen molar-refractivity contribution >= 4 is 30.7 Å². The van der Waals surface area contributed by atoms with E-state index in [0.29, 0.717) is 25.0 Å². The molecule has 0 spiro atoms. The third-order valence-electron chi connectivity index (χ3n) is 3.82. The van der Waals surface area contributed by atoms with Gasteiger partial charge in [0.1, 0.15) is 0 Å². The fraction of sp³-hybridized carbons (Fsp3) is 0.923. The number of likely N-dealkylation sites (N-methyl/N-ethyl adjacent to an activating group) is 1. The van der Waals surface area contributed by atoms with Crippen molar-refractivity contribution in [3.63, 3.8) is 0 Å². The van der Waals surface area contributed by atoms with Crippen molar-refractivity contribution < 1.29 is 4.79 Å². The molecule has 3 N–H and O–H groups in total. The van der Waals surface area contributed by atoms with Gasteiger partial charge in [0.2, 0.25) is 5.91 Å². The Bertz CT molecular complexity index is 238. The van der Waals surface area contributed by atoms with Crippen LogP contribution in [0.2, 0.25) is 0 Å². The number of nitrogens with zero attached hydrogens (tertiary/aromatic N) is 1. The molecule has 0 radical (unpaired) electrons. The predicted octanol–water partition coefficient (Wildman–Crippen LogP) is 1.81. The highest BCUT2D eigenvalue weighted by Crippen LogP contribution is 2.23. The molecular formula is C13H29Cl2N3O. The van der Waals surface area contributed by atoms with Gasteiger partial charge in [-0.2, -0.15) is 0 Å². The van der Waals surface area contributed by atoms with Gasteiger partial charge in [-0.15, -0.1) is 24.8 Å². The molecule has 19 heavy (non-hydrogen) atoms. The normalized spacial score (nSPS) is 22.3. The fourth-order valence-corrected chi connectivity index (χ4v) is 2.58. The fourth-order valence-electron chi connectivity index (χ4n) is 2.58. The van der Waals surface area contributed by atoms with Crippen LogP contribution < -0.4 is 11.1 Å². The van der Waals surface area contributed by atoms with Gasteiger partial charge in [0.15, 0.2) is 0 Å². The van der Waals surface area contributed by atoms with E-state index < -0.39 is 0 Å². The maximum absolute atomic E-state index is 11.9. The van der Waals surface area contributed by atoms with E-state index in [0.717, 1.165) is 25.9 Å². The van der Waals surface area contributed by atoms with Crippen molar-refractivity contribution in [2.75, 3.05) is 26.2 Å². The number of hydrogen-bond donors (Lipinski definition) is 2. The van der Waals surface area contributed by atoms with Crippen LogP contribution in [-0.2, 0) is 4.79 Å². The summed E-state index contributed by atoms with van der Waals surface area (Å²) in [7, 11) is 0. The van der Waals surface area contributed by atoms with Crippen molar-refractivity contribution in [2.24, 2.45) is 11.7 Å². The number of nitrogens with two attached hydrogens (primary N) is 1. The maximum atomic E-state index is 11.9. The number of hydrogen-bond acceptors (Lipinski definition) is 3. The summed E-state index contributed by atoms with van der Waals surface area (Å²) in [6, 6.07) is 0.303. The number of carbonyl (C=O) groups excluding carboxylic acids is 1. The van der Waals surface area contributed by atoms with Crippen LogP contribution in [0, 0.1) is 5.92 Å². The van der Waals surface area contributed by atoms with E-state index in [2.05, 4.69) is 24.1 Å². The molecule has 116 valence electrons. The van der Waals surface area contributed by atoms with Gasteiger partial charge in [0, 0.05) is 6.04 Å². The number of halogens is 2. The average Bonchev–Trinajstić information content (AvgIpc) is 2.36. The number of nitrogens with one attached hydrogen (secondary N) is 1. The molecule has 0 aromatic rings. The zero-order valence-corrected chi connectivity index (χ0v) is 13.7. The summed E-state index contributed by atoms with van der Waals surface area (Å²) >= 11 is 0. The summed E-state index contributed by atoms with van der Waals surface area (Å²) in [5.74, 6) is 0.628. The molecular weight excluding hydrogens is 285 g/mol. The molecule has 0 aromatic heterocycles. The summed E-state index contributed by atoms with van der Waals surface area (Å²) < 4.78 is 0. The van der Waals surface area contributed by atoms with Crippen LogP contribution in [0.1, 0.15) is 39.5 Å². The van der Waals surface area contributed by atoms with Crippen molar-refractivity contribution in [3.05, 3.63) is 0 Å². The minimum atomic E-state index is 0. The Kier molecular flexibility index (Phi) is 13.2. The highest BCUT2D eigenvalue weighted by Gasteiger charge is 2.25. The second kappa shape index (κ2) is 11.8. The minimum absolute atomic E-state index is 0. The zero-order chi connectivity index (χ0) is 12.7. The van der Waals surface area contributed by atoms with E-state index in [4.69, 9.17) is 5.73 Å². The molecule has 1 amide bonds. The van der Waals surface area contributed by atoms with Crippen molar-refractivity contribution in [1.82, 2.24) is 10.2 Å². The van der Waals surface area contributed by atoms with Crippen LogP contribution in [0.5, 0.6) is 0 Å². The lowest BCUT2D eigenvalue weighted by Gasteiger charge is -2.32. The number of carbonyl (C=O) groups is 1. The Morgan fingerprint density at radius 2 is 1.79 bits per heavy atom. The first-order valence-electron chi connectivity index (χ1n) is 6.93. The largest absolute Gasteiger partial charge is 0.352 e. The Morgan fingerprint density at radius 3 is 2.32 bits per heavy atom. The topological polar surface area (TPSA) is 58.4 Å². The van der Waals surface area contributed by atoms with E-state index in [1.807, 2.05) is 0 Å². The highest BCUT2D eigenvalue weighted by molar-refractivity contribution is 5.85. The summed E-state index contributed by atoms with van der Waals surface area (Å²) in [5.41, 5.74) is 5.76. The van der Waals surface area contributed by atoms with Gasteiger partial charge in [-0.3, -0.25) is 9.69 Å². The van der Waals surface area contributed by atoms with Crippen LogP contribution in [0.3, 0.4) is 0 Å². The van der Waals surface area contributed by atoms with Crippen molar-refractivity contribution in [1.29, 1.82) is 0 Å². The zero-order valence-electron chi connectivity index (χ0n) is 12.1. The van der Waals surface area contributed by atoms with Gasteiger partial charge in [0.25, 0.3) is 0 Å². The Morgan fingerprint density at radius 1 is 1.21 bits per heavy atom. The van der Waals surface area contributed by atoms with Gasteiger partial charge >= 0.3 is 0 Å². The average molecular weight is 314 g/mol. The van der Waals surface area contributed by atoms with Crippen molar-refractivity contribution in [2.45, 2.75) is 45.6 Å². The van der Waals surface area contributed by atoms with E-state index in [-0.39, 0.29) is 30.7 Å². The van der Waals surface area contributed by atoms with Gasteiger partial charge < -0.3 is 11.1 Å². The van der Waals surface area contributed by atoms with Crippen LogP contribution in [0.4, 0.5) is 0 Å². The first-order valence-corrected chi connectivity index (χ1v) is 6.93. The second-order valence-corrected chi connectivity index (χ2v) is 4.92. The van der Waals surface area contributed by atoms with Gasteiger partial charge in [-0.1, -0.05) is 26.7 Å². The number of amides is 1. The molecule has 4 nitrogen and oxygen atoms in total. The van der Waals surface area contributed by atoms with Crippen LogP contribution >= 0.6 is 24.8 Å². The molecule has 1 aliphatic rings.